The number of H-pyrrole nitrogens is 1. The summed E-state index contributed by atoms with van der Waals surface area (Å²) in [5, 5.41) is 2.92. The summed E-state index contributed by atoms with van der Waals surface area (Å²) >= 11 is 0. The second kappa shape index (κ2) is 5.62. The zero-order valence-electron chi connectivity index (χ0n) is 10.6. The van der Waals surface area contributed by atoms with Gasteiger partial charge in [0.15, 0.2) is 0 Å². The Morgan fingerprint density at radius 3 is 2.70 bits per heavy atom. The molecule has 1 atom stereocenters. The summed E-state index contributed by atoms with van der Waals surface area (Å²) in [6.07, 6.45) is -1.38. The fourth-order valence-electron chi connectivity index (χ4n) is 1.84. The maximum atomic E-state index is 13.0. The molecule has 108 valence electrons. The van der Waals surface area contributed by atoms with Crippen LogP contribution in [0.2, 0.25) is 0 Å². The lowest BCUT2D eigenvalue weighted by Gasteiger charge is -2.16. The molecule has 0 amide bonds. The first-order valence-electron chi connectivity index (χ1n) is 5.96. The number of imidazole rings is 1. The summed E-state index contributed by atoms with van der Waals surface area (Å²) in [4.78, 5) is 6.88. The molecule has 2 rings (SSSR count). The van der Waals surface area contributed by atoms with Crippen molar-refractivity contribution >= 4 is 0 Å². The highest BCUT2D eigenvalue weighted by Gasteiger charge is 2.33. The van der Waals surface area contributed by atoms with E-state index in [0.717, 1.165) is 12.1 Å². The van der Waals surface area contributed by atoms with Crippen molar-refractivity contribution in [3.05, 3.63) is 53.4 Å². The van der Waals surface area contributed by atoms with Crippen LogP contribution in [0.4, 0.5) is 17.6 Å². The first-order chi connectivity index (χ1) is 9.38. The minimum absolute atomic E-state index is 0.00249. The van der Waals surface area contributed by atoms with Crippen LogP contribution < -0.4 is 5.32 Å². The summed E-state index contributed by atoms with van der Waals surface area (Å²) in [5.41, 5.74) is -0.964. The molecule has 1 unspecified atom stereocenters. The van der Waals surface area contributed by atoms with E-state index < -0.39 is 17.6 Å². The van der Waals surface area contributed by atoms with Crippen LogP contribution >= 0.6 is 0 Å². The van der Waals surface area contributed by atoms with Gasteiger partial charge in [0.25, 0.3) is 0 Å². The topological polar surface area (TPSA) is 40.7 Å². The Bertz CT molecular complexity index is 563. The van der Waals surface area contributed by atoms with Crippen molar-refractivity contribution in [1.29, 1.82) is 0 Å². The van der Waals surface area contributed by atoms with Crippen LogP contribution in [0.1, 0.15) is 29.9 Å². The minimum atomic E-state index is -4.58. The molecule has 1 heterocycles. The van der Waals surface area contributed by atoms with E-state index in [0.29, 0.717) is 11.9 Å². The molecule has 1 aromatic heterocycles. The largest absolute Gasteiger partial charge is 0.416 e. The third-order valence-electron chi connectivity index (χ3n) is 2.91. The van der Waals surface area contributed by atoms with Crippen LogP contribution in [0.15, 0.2) is 30.6 Å². The number of nitrogens with one attached hydrogen (secondary N) is 2. The van der Waals surface area contributed by atoms with Crippen LogP contribution in [0.3, 0.4) is 0 Å². The number of aromatic nitrogens is 2. The summed E-state index contributed by atoms with van der Waals surface area (Å²) in [5.74, 6) is -0.277. The molecule has 0 aliphatic heterocycles. The van der Waals surface area contributed by atoms with Gasteiger partial charge in [-0.25, -0.2) is 9.37 Å². The van der Waals surface area contributed by atoms with Crippen LogP contribution in [0.5, 0.6) is 0 Å². The fraction of sp³-hybridized carbons (Fsp3) is 0.308. The second-order valence-corrected chi connectivity index (χ2v) is 4.38. The van der Waals surface area contributed by atoms with Crippen molar-refractivity contribution in [1.82, 2.24) is 15.3 Å². The zero-order chi connectivity index (χ0) is 14.8. The lowest BCUT2D eigenvalue weighted by Crippen LogP contribution is -2.21. The molecule has 0 aliphatic carbocycles. The molecule has 1 aromatic carbocycles. The Kier molecular flexibility index (Phi) is 4.08. The lowest BCUT2D eigenvalue weighted by atomic mass is 10.1. The highest BCUT2D eigenvalue weighted by atomic mass is 19.4. The number of aromatic amines is 1. The summed E-state index contributed by atoms with van der Waals surface area (Å²) in [6, 6.07) is 2.43. The van der Waals surface area contributed by atoms with Gasteiger partial charge in [0.05, 0.1) is 11.6 Å². The van der Waals surface area contributed by atoms with E-state index in [1.165, 1.54) is 0 Å². The van der Waals surface area contributed by atoms with E-state index in [4.69, 9.17) is 0 Å². The Balaban J connectivity index is 2.13. The molecule has 0 spiro atoms. The molecule has 3 nitrogen and oxygen atoms in total. The van der Waals surface area contributed by atoms with Crippen molar-refractivity contribution < 1.29 is 17.6 Å². The molecule has 2 N–H and O–H groups in total. The van der Waals surface area contributed by atoms with E-state index in [2.05, 4.69) is 15.3 Å². The molecule has 20 heavy (non-hydrogen) atoms. The van der Waals surface area contributed by atoms with Gasteiger partial charge in [-0.05, 0) is 24.6 Å². The summed E-state index contributed by atoms with van der Waals surface area (Å²) in [7, 11) is 0. The molecule has 0 aliphatic rings. The highest BCUT2D eigenvalue weighted by Crippen LogP contribution is 2.32. The SMILES string of the molecule is CC(NCc1ccc(F)cc1C(F)(F)F)c1ncc[nH]1. The number of rotatable bonds is 4. The van der Waals surface area contributed by atoms with E-state index in [1.54, 1.807) is 19.3 Å². The van der Waals surface area contributed by atoms with Gasteiger partial charge in [0.2, 0.25) is 0 Å². The zero-order valence-corrected chi connectivity index (χ0v) is 10.6. The number of halogens is 4. The van der Waals surface area contributed by atoms with Crippen LogP contribution in [0.25, 0.3) is 0 Å². The standard InChI is InChI=1S/C13H13F4N3/c1-8(12-18-4-5-19-12)20-7-9-2-3-10(14)6-11(9)13(15,16)17/h2-6,8,20H,7H2,1H3,(H,18,19). The first kappa shape index (κ1) is 14.5. The quantitative estimate of drug-likeness (QED) is 0.846. The molecule has 7 heteroatoms. The molecule has 0 saturated carbocycles. The van der Waals surface area contributed by atoms with Gasteiger partial charge < -0.3 is 10.3 Å². The van der Waals surface area contributed by atoms with Gasteiger partial charge in [-0.1, -0.05) is 6.07 Å². The van der Waals surface area contributed by atoms with Gasteiger partial charge in [0.1, 0.15) is 11.6 Å². The van der Waals surface area contributed by atoms with E-state index in [-0.39, 0.29) is 18.2 Å². The third kappa shape index (κ3) is 3.36. The first-order valence-corrected chi connectivity index (χ1v) is 5.96. The van der Waals surface area contributed by atoms with Gasteiger partial charge in [-0.2, -0.15) is 13.2 Å². The molecular weight excluding hydrogens is 274 g/mol. The van der Waals surface area contributed by atoms with Crippen LogP contribution in [0, 0.1) is 5.82 Å². The Morgan fingerprint density at radius 2 is 2.10 bits per heavy atom. The van der Waals surface area contributed by atoms with Crippen molar-refractivity contribution in [2.75, 3.05) is 0 Å². The fourth-order valence-corrected chi connectivity index (χ4v) is 1.84. The van der Waals surface area contributed by atoms with Crippen molar-refractivity contribution in [2.24, 2.45) is 0 Å². The van der Waals surface area contributed by atoms with E-state index in [9.17, 15) is 17.6 Å². The predicted molar refractivity (Wildman–Crippen MR) is 65.2 cm³/mol. The van der Waals surface area contributed by atoms with Crippen molar-refractivity contribution in [3.63, 3.8) is 0 Å². The maximum absolute atomic E-state index is 13.0. The number of hydrogen-bond acceptors (Lipinski definition) is 2. The molecule has 0 radical (unpaired) electrons. The smallest absolute Gasteiger partial charge is 0.347 e. The third-order valence-corrected chi connectivity index (χ3v) is 2.91. The van der Waals surface area contributed by atoms with Crippen LogP contribution in [-0.4, -0.2) is 9.97 Å². The highest BCUT2D eigenvalue weighted by molar-refractivity contribution is 5.30. The summed E-state index contributed by atoms with van der Waals surface area (Å²) < 4.78 is 51.4. The van der Waals surface area contributed by atoms with E-state index in [1.807, 2.05) is 0 Å². The number of nitrogens with zero attached hydrogens (tertiary/aromatic N) is 1. The molecule has 0 saturated heterocycles. The minimum Gasteiger partial charge on any atom is -0.347 e. The average molecular weight is 287 g/mol. The van der Waals surface area contributed by atoms with Gasteiger partial charge >= 0.3 is 6.18 Å². The molecule has 2 aromatic rings. The second-order valence-electron chi connectivity index (χ2n) is 4.38. The predicted octanol–water partition coefficient (Wildman–Crippen LogP) is 3.42. The average Bonchev–Trinajstić information content (AvgIpc) is 2.89. The van der Waals surface area contributed by atoms with Crippen LogP contribution in [-0.2, 0) is 12.7 Å². The number of benzene rings is 1. The molecular formula is C13H13F4N3. The summed E-state index contributed by atoms with van der Waals surface area (Å²) in [6.45, 7) is 1.74. The lowest BCUT2D eigenvalue weighted by molar-refractivity contribution is -0.138. The van der Waals surface area contributed by atoms with Gasteiger partial charge in [-0.15, -0.1) is 0 Å². The van der Waals surface area contributed by atoms with E-state index >= 15 is 0 Å². The van der Waals surface area contributed by atoms with Gasteiger partial charge in [0, 0.05) is 18.9 Å². The Morgan fingerprint density at radius 1 is 1.35 bits per heavy atom. The maximum Gasteiger partial charge on any atom is 0.416 e. The molecule has 0 bridgehead atoms. The Hall–Kier alpha value is -1.89. The number of alkyl halides is 3. The number of hydrogen-bond donors (Lipinski definition) is 2. The van der Waals surface area contributed by atoms with Gasteiger partial charge in [-0.3, -0.25) is 0 Å². The van der Waals surface area contributed by atoms with Crippen molar-refractivity contribution in [3.8, 4) is 0 Å². The van der Waals surface area contributed by atoms with Crippen molar-refractivity contribution in [2.45, 2.75) is 25.7 Å². The molecule has 0 fully saturated rings. The monoisotopic (exact) mass is 287 g/mol. The normalized spacial score (nSPS) is 13.4. The Labute approximate surface area is 113 Å².